The van der Waals surface area contributed by atoms with Gasteiger partial charge in [0.15, 0.2) is 0 Å². The van der Waals surface area contributed by atoms with E-state index in [1.807, 2.05) is 11.8 Å². The number of β-lactam (4-membered cyclic amide) rings is 1. The van der Waals surface area contributed by atoms with Crippen LogP contribution < -0.4 is 5.32 Å². The fourth-order valence-corrected chi connectivity index (χ4v) is 7.34. The predicted octanol–water partition coefficient (Wildman–Crippen LogP) is 1.76. The van der Waals surface area contributed by atoms with Crippen molar-refractivity contribution in [2.24, 2.45) is 11.8 Å². The number of amides is 2. The lowest BCUT2D eigenvalue weighted by Crippen LogP contribution is -2.63. The van der Waals surface area contributed by atoms with Crippen LogP contribution in [-0.4, -0.2) is 84.0 Å². The molecule has 0 bridgehead atoms. The molecule has 1 aromatic heterocycles. The zero-order valence-electron chi connectivity index (χ0n) is 21.4. The van der Waals surface area contributed by atoms with Crippen molar-refractivity contribution in [3.8, 4) is 0 Å². The molecule has 2 amide bonds. The number of nitrogens with one attached hydrogen (secondary N) is 1. The Balaban J connectivity index is 1.38. The van der Waals surface area contributed by atoms with Gasteiger partial charge in [0, 0.05) is 59.0 Å². The van der Waals surface area contributed by atoms with Crippen molar-refractivity contribution < 1.29 is 29.4 Å². The zero-order chi connectivity index (χ0) is 27.8. The average Bonchev–Trinajstić information content (AvgIpc) is 3.41. The molecule has 39 heavy (non-hydrogen) atoms. The Hall–Kier alpha value is -3.61. The number of benzene rings is 1. The summed E-state index contributed by atoms with van der Waals surface area (Å²) in [5.74, 6) is -2.69. The summed E-state index contributed by atoms with van der Waals surface area (Å²) in [6.07, 6.45) is 5.07. The molecule has 3 N–H and O–H groups in total. The van der Waals surface area contributed by atoms with Crippen molar-refractivity contribution in [1.82, 2.24) is 19.8 Å². The molecule has 3 aliphatic rings. The van der Waals surface area contributed by atoms with Crippen LogP contribution in [0.1, 0.15) is 36.3 Å². The Kier molecular flexibility index (Phi) is 7.52. The van der Waals surface area contributed by atoms with E-state index in [0.717, 1.165) is 0 Å². The number of aromatic nitrogens is 2. The third-order valence-corrected chi connectivity index (χ3v) is 9.04. The van der Waals surface area contributed by atoms with E-state index in [1.165, 1.54) is 16.7 Å². The van der Waals surface area contributed by atoms with Crippen LogP contribution in [0, 0.1) is 11.8 Å². The van der Waals surface area contributed by atoms with Crippen molar-refractivity contribution in [3.63, 3.8) is 0 Å². The second-order valence-corrected chi connectivity index (χ2v) is 11.5. The average molecular weight is 552 g/mol. The van der Waals surface area contributed by atoms with Gasteiger partial charge in [0.1, 0.15) is 12.0 Å². The third-order valence-electron chi connectivity index (χ3n) is 7.54. The number of aliphatic hydroxyl groups is 1. The number of fused-ring (bicyclic) bond motifs is 1. The van der Waals surface area contributed by atoms with Gasteiger partial charge in [0.2, 0.25) is 11.8 Å². The van der Waals surface area contributed by atoms with Gasteiger partial charge in [0.05, 0.1) is 29.8 Å². The molecule has 0 aliphatic carbocycles. The molecular formula is C27H29N5O6S. The van der Waals surface area contributed by atoms with Gasteiger partial charge in [-0.25, -0.2) is 4.79 Å². The molecule has 0 spiro atoms. The van der Waals surface area contributed by atoms with Crippen LogP contribution in [0.2, 0.25) is 0 Å². The number of carbonyl (C=O) groups excluding carboxylic acids is 3. The Bertz CT molecular complexity index is 1330. The van der Waals surface area contributed by atoms with Crippen molar-refractivity contribution in [2.45, 2.75) is 50.3 Å². The summed E-state index contributed by atoms with van der Waals surface area (Å²) in [5.41, 5.74) is 1.62. The highest BCUT2D eigenvalue weighted by Crippen LogP contribution is 2.52. The lowest BCUT2D eigenvalue weighted by molar-refractivity contribution is -0.163. The molecule has 204 valence electrons. The summed E-state index contributed by atoms with van der Waals surface area (Å²) >= 11 is 1.39. The van der Waals surface area contributed by atoms with Gasteiger partial charge < -0.3 is 20.4 Å². The number of hydrogen-bond acceptors (Lipinski definition) is 9. The summed E-state index contributed by atoms with van der Waals surface area (Å²) in [5, 5.41) is 22.9. The van der Waals surface area contributed by atoms with Gasteiger partial charge in [-0.3, -0.25) is 29.3 Å². The largest absolute Gasteiger partial charge is 0.477 e. The van der Waals surface area contributed by atoms with Crippen molar-refractivity contribution in [3.05, 3.63) is 64.7 Å². The molecule has 2 saturated heterocycles. The van der Waals surface area contributed by atoms with Gasteiger partial charge in [-0.05, 0) is 25.5 Å². The highest BCUT2D eigenvalue weighted by Gasteiger charge is 2.60. The molecule has 1 aromatic carbocycles. The number of anilines is 1. The van der Waals surface area contributed by atoms with Crippen LogP contribution in [0.3, 0.4) is 0 Å². The van der Waals surface area contributed by atoms with E-state index >= 15 is 0 Å². The number of carbonyl (C=O) groups is 4. The fourth-order valence-electron chi connectivity index (χ4n) is 5.79. The molecule has 12 heteroatoms. The molecular weight excluding hydrogens is 522 g/mol. The highest BCUT2D eigenvalue weighted by atomic mass is 32.2. The van der Waals surface area contributed by atoms with E-state index in [9.17, 15) is 29.4 Å². The lowest BCUT2D eigenvalue weighted by atomic mass is 9.79. The van der Waals surface area contributed by atoms with Crippen LogP contribution in [0.4, 0.5) is 5.69 Å². The number of hydrogen-bond donors (Lipinski definition) is 3. The number of rotatable bonds is 9. The smallest absolute Gasteiger partial charge is 0.353 e. The minimum atomic E-state index is -1.18. The lowest BCUT2D eigenvalue weighted by Gasteiger charge is -2.46. The zero-order valence-corrected chi connectivity index (χ0v) is 22.2. The summed E-state index contributed by atoms with van der Waals surface area (Å²) < 4.78 is 0. The molecule has 11 nitrogen and oxygen atoms in total. The van der Waals surface area contributed by atoms with E-state index in [0.29, 0.717) is 47.6 Å². The topological polar surface area (TPSA) is 153 Å². The maximum atomic E-state index is 13.4. The van der Waals surface area contributed by atoms with Crippen LogP contribution >= 0.6 is 11.8 Å². The maximum absolute atomic E-state index is 13.4. The van der Waals surface area contributed by atoms with Crippen LogP contribution in [0.15, 0.2) is 53.5 Å². The van der Waals surface area contributed by atoms with E-state index in [2.05, 4.69) is 15.3 Å². The number of nitrogens with zero attached hydrogens (tertiary/aromatic N) is 4. The highest BCUT2D eigenvalue weighted by molar-refractivity contribution is 8.03. The molecule has 0 radical (unpaired) electrons. The summed E-state index contributed by atoms with van der Waals surface area (Å²) in [4.78, 5) is 61.9. The van der Waals surface area contributed by atoms with Gasteiger partial charge in [0.25, 0.3) is 0 Å². The molecule has 2 aromatic rings. The molecule has 6 atom stereocenters. The van der Waals surface area contributed by atoms with E-state index < -0.39 is 30.1 Å². The number of aliphatic hydroxyl groups excluding tert-OH is 1. The first kappa shape index (κ1) is 27.0. The number of thioether (sulfide) groups is 1. The van der Waals surface area contributed by atoms with Crippen LogP contribution in [-0.2, 0) is 20.9 Å². The Labute approximate surface area is 229 Å². The van der Waals surface area contributed by atoms with Crippen molar-refractivity contribution in [1.29, 1.82) is 0 Å². The Morgan fingerprint density at radius 3 is 2.77 bits per heavy atom. The quantitative estimate of drug-likeness (QED) is 0.310. The van der Waals surface area contributed by atoms with Crippen LogP contribution in [0.5, 0.6) is 0 Å². The molecule has 2 fully saturated rings. The predicted molar refractivity (Wildman–Crippen MR) is 142 cm³/mol. The SMILES string of the molecule is C[C@@H](O)[C@H]1C(=O)N2C(C(=O)O)=C(S[C@H]3C[C@@H](C(=O)Nc4cccc(C=O)c4)N(Cc4cnccn4)C3)[C@H](C)[C@H]12. The number of carboxylic acid groups (broad SMARTS) is 1. The third kappa shape index (κ3) is 5.07. The summed E-state index contributed by atoms with van der Waals surface area (Å²) in [6.45, 7) is 4.28. The van der Waals surface area contributed by atoms with Crippen molar-refractivity contribution in [2.75, 3.05) is 11.9 Å². The summed E-state index contributed by atoms with van der Waals surface area (Å²) in [6, 6.07) is 5.71. The maximum Gasteiger partial charge on any atom is 0.353 e. The van der Waals surface area contributed by atoms with Crippen LogP contribution in [0.25, 0.3) is 0 Å². The van der Waals surface area contributed by atoms with Gasteiger partial charge >= 0.3 is 5.97 Å². The van der Waals surface area contributed by atoms with E-state index in [1.54, 1.807) is 49.8 Å². The van der Waals surface area contributed by atoms with Gasteiger partial charge in [-0.1, -0.05) is 19.1 Å². The molecule has 0 saturated carbocycles. The number of carboxylic acids is 1. The first-order valence-electron chi connectivity index (χ1n) is 12.7. The first-order valence-corrected chi connectivity index (χ1v) is 13.6. The molecule has 0 unspecified atom stereocenters. The molecule has 4 heterocycles. The van der Waals surface area contributed by atoms with Gasteiger partial charge in [-0.15, -0.1) is 11.8 Å². The van der Waals surface area contributed by atoms with E-state index in [4.69, 9.17) is 0 Å². The standard InChI is InChI=1S/C27H29N5O6S/c1-14-22-21(15(2)34)26(36)32(22)23(27(37)38)24(14)39-19-9-20(31(12-19)11-18-10-28-6-7-29-18)25(35)30-17-5-3-4-16(8-17)13-33/h3-8,10,13-15,19-22,34H,9,11-12H2,1-2H3,(H,30,35)(H,37,38)/t14-,15-,19+,20+,21-,22-/m1/s1. The summed E-state index contributed by atoms with van der Waals surface area (Å²) in [7, 11) is 0. The normalized spacial score (nSPS) is 27.2. The minimum absolute atomic E-state index is 0.0292. The molecule has 3 aliphatic heterocycles. The second kappa shape index (κ2) is 10.9. The second-order valence-electron chi connectivity index (χ2n) is 10.1. The fraction of sp³-hybridized carbons (Fsp3) is 0.407. The molecule has 5 rings (SSSR count). The first-order chi connectivity index (χ1) is 18.7. The monoisotopic (exact) mass is 551 g/mol. The Morgan fingerprint density at radius 1 is 1.31 bits per heavy atom. The number of aliphatic carboxylic acids is 1. The van der Waals surface area contributed by atoms with Gasteiger partial charge in [-0.2, -0.15) is 0 Å². The minimum Gasteiger partial charge on any atom is -0.477 e. The van der Waals surface area contributed by atoms with E-state index in [-0.39, 0.29) is 28.7 Å². The van der Waals surface area contributed by atoms with Crippen molar-refractivity contribution >= 4 is 41.5 Å². The Morgan fingerprint density at radius 2 is 2.10 bits per heavy atom. The number of aldehydes is 1. The number of likely N-dealkylation sites (tertiary alicyclic amines) is 1.